The van der Waals surface area contributed by atoms with Crippen LogP contribution in [0.15, 0.2) is 28.7 Å². The SMILES string of the molecule is Brc1ccccc1C1CC(NCC(C2CC2)C2CC2)C1. The molecule has 1 aromatic carbocycles. The van der Waals surface area contributed by atoms with Crippen molar-refractivity contribution in [2.75, 3.05) is 6.54 Å². The first-order valence-electron chi connectivity index (χ1n) is 8.29. The summed E-state index contributed by atoms with van der Waals surface area (Å²) in [5.74, 6) is 3.93. The molecule has 0 unspecified atom stereocenters. The highest BCUT2D eigenvalue weighted by Gasteiger charge is 2.42. The standard InChI is InChI=1S/C18H24BrN/c19-18-4-2-1-3-16(18)14-9-15(10-14)20-11-17(12-5-6-12)13-7-8-13/h1-4,12-15,17,20H,5-11H2. The predicted molar refractivity (Wildman–Crippen MR) is 86.8 cm³/mol. The van der Waals surface area contributed by atoms with Crippen LogP contribution >= 0.6 is 15.9 Å². The van der Waals surface area contributed by atoms with Crippen molar-refractivity contribution in [2.24, 2.45) is 17.8 Å². The lowest BCUT2D eigenvalue weighted by atomic mass is 9.75. The molecular formula is C18H24BrN. The second kappa shape index (κ2) is 5.46. The maximum Gasteiger partial charge on any atom is 0.0210 e. The topological polar surface area (TPSA) is 12.0 Å². The summed E-state index contributed by atoms with van der Waals surface area (Å²) in [6.07, 6.45) is 8.68. The van der Waals surface area contributed by atoms with E-state index < -0.39 is 0 Å². The third-order valence-electron chi connectivity index (χ3n) is 5.58. The summed E-state index contributed by atoms with van der Waals surface area (Å²) in [7, 11) is 0. The number of rotatable bonds is 6. The minimum Gasteiger partial charge on any atom is -0.314 e. The lowest BCUT2D eigenvalue weighted by molar-refractivity contribution is 0.259. The van der Waals surface area contributed by atoms with Crippen molar-refractivity contribution >= 4 is 15.9 Å². The summed E-state index contributed by atoms with van der Waals surface area (Å²) in [6.45, 7) is 1.29. The van der Waals surface area contributed by atoms with E-state index in [9.17, 15) is 0 Å². The summed E-state index contributed by atoms with van der Waals surface area (Å²) < 4.78 is 1.29. The molecule has 0 atom stereocenters. The normalized spacial score (nSPS) is 29.5. The Kier molecular flexibility index (Phi) is 3.64. The molecule has 20 heavy (non-hydrogen) atoms. The lowest BCUT2D eigenvalue weighted by Gasteiger charge is -2.38. The van der Waals surface area contributed by atoms with Crippen molar-refractivity contribution in [2.45, 2.75) is 50.5 Å². The molecule has 2 heteroatoms. The average Bonchev–Trinajstić information content (AvgIpc) is 3.25. The van der Waals surface area contributed by atoms with E-state index in [2.05, 4.69) is 45.5 Å². The fourth-order valence-corrected chi connectivity index (χ4v) is 4.52. The predicted octanol–water partition coefficient (Wildman–Crippen LogP) is 4.72. The van der Waals surface area contributed by atoms with Gasteiger partial charge >= 0.3 is 0 Å². The molecule has 1 aromatic rings. The fraction of sp³-hybridized carbons (Fsp3) is 0.667. The third kappa shape index (κ3) is 2.82. The van der Waals surface area contributed by atoms with E-state index in [1.54, 1.807) is 0 Å². The highest BCUT2D eigenvalue weighted by atomic mass is 79.9. The Bertz CT molecular complexity index is 460. The average molecular weight is 334 g/mol. The largest absolute Gasteiger partial charge is 0.314 e. The Hall–Kier alpha value is -0.340. The van der Waals surface area contributed by atoms with Crippen LogP contribution in [0.3, 0.4) is 0 Å². The van der Waals surface area contributed by atoms with Gasteiger partial charge in [0.15, 0.2) is 0 Å². The Labute approximate surface area is 130 Å². The van der Waals surface area contributed by atoms with Crippen LogP contribution in [0.4, 0.5) is 0 Å². The summed E-state index contributed by atoms with van der Waals surface area (Å²) in [5, 5.41) is 3.87. The minimum atomic E-state index is 0.767. The zero-order valence-electron chi connectivity index (χ0n) is 12.0. The monoisotopic (exact) mass is 333 g/mol. The van der Waals surface area contributed by atoms with Gasteiger partial charge in [-0.1, -0.05) is 34.1 Å². The van der Waals surface area contributed by atoms with Crippen LogP contribution in [0.5, 0.6) is 0 Å². The van der Waals surface area contributed by atoms with E-state index >= 15 is 0 Å². The van der Waals surface area contributed by atoms with Crippen LogP contribution in [-0.2, 0) is 0 Å². The summed E-state index contributed by atoms with van der Waals surface area (Å²) in [4.78, 5) is 0. The first-order chi connectivity index (χ1) is 9.81. The van der Waals surface area contributed by atoms with Gasteiger partial charge in [-0.05, 0) is 80.4 Å². The van der Waals surface area contributed by atoms with Crippen molar-refractivity contribution < 1.29 is 0 Å². The Balaban J connectivity index is 1.26. The van der Waals surface area contributed by atoms with Gasteiger partial charge in [-0.3, -0.25) is 0 Å². The molecule has 0 aromatic heterocycles. The second-order valence-electron chi connectivity index (χ2n) is 7.13. The molecule has 1 nitrogen and oxygen atoms in total. The molecule has 0 spiro atoms. The molecule has 0 amide bonds. The third-order valence-corrected chi connectivity index (χ3v) is 6.30. The summed E-state index contributed by atoms with van der Waals surface area (Å²) in [6, 6.07) is 9.50. The number of nitrogens with one attached hydrogen (secondary N) is 1. The van der Waals surface area contributed by atoms with Crippen molar-refractivity contribution in [3.8, 4) is 0 Å². The van der Waals surface area contributed by atoms with E-state index in [1.165, 1.54) is 55.1 Å². The zero-order valence-corrected chi connectivity index (χ0v) is 13.6. The van der Waals surface area contributed by atoms with Crippen molar-refractivity contribution in [1.29, 1.82) is 0 Å². The molecule has 0 radical (unpaired) electrons. The van der Waals surface area contributed by atoms with Crippen LogP contribution in [0.25, 0.3) is 0 Å². The Morgan fingerprint density at radius 3 is 2.30 bits per heavy atom. The Morgan fingerprint density at radius 1 is 1.05 bits per heavy atom. The van der Waals surface area contributed by atoms with E-state index in [-0.39, 0.29) is 0 Å². The van der Waals surface area contributed by atoms with Crippen molar-refractivity contribution in [3.05, 3.63) is 34.3 Å². The molecule has 0 saturated heterocycles. The van der Waals surface area contributed by atoms with Gasteiger partial charge in [0.2, 0.25) is 0 Å². The quantitative estimate of drug-likeness (QED) is 0.794. The van der Waals surface area contributed by atoms with Gasteiger partial charge in [0, 0.05) is 10.5 Å². The highest BCUT2D eigenvalue weighted by Crippen LogP contribution is 2.49. The van der Waals surface area contributed by atoms with Crippen LogP contribution in [0, 0.1) is 17.8 Å². The first-order valence-corrected chi connectivity index (χ1v) is 9.08. The molecule has 3 saturated carbocycles. The lowest BCUT2D eigenvalue weighted by Crippen LogP contribution is -2.42. The number of halogens is 1. The zero-order chi connectivity index (χ0) is 13.5. The van der Waals surface area contributed by atoms with Gasteiger partial charge in [0.1, 0.15) is 0 Å². The highest BCUT2D eigenvalue weighted by molar-refractivity contribution is 9.10. The summed E-state index contributed by atoms with van der Waals surface area (Å²) in [5.41, 5.74) is 1.51. The molecule has 0 aliphatic heterocycles. The van der Waals surface area contributed by atoms with E-state index in [0.29, 0.717) is 0 Å². The van der Waals surface area contributed by atoms with Crippen LogP contribution in [0.1, 0.15) is 50.0 Å². The minimum absolute atomic E-state index is 0.767. The van der Waals surface area contributed by atoms with Crippen molar-refractivity contribution in [1.82, 2.24) is 5.32 Å². The molecule has 108 valence electrons. The van der Waals surface area contributed by atoms with E-state index in [4.69, 9.17) is 0 Å². The molecule has 1 N–H and O–H groups in total. The number of hydrogen-bond donors (Lipinski definition) is 1. The fourth-order valence-electron chi connectivity index (χ4n) is 3.91. The first kappa shape index (κ1) is 13.3. The molecule has 0 bridgehead atoms. The van der Waals surface area contributed by atoms with Crippen LogP contribution in [0.2, 0.25) is 0 Å². The van der Waals surface area contributed by atoms with Gasteiger partial charge in [-0.2, -0.15) is 0 Å². The molecular weight excluding hydrogens is 310 g/mol. The number of hydrogen-bond acceptors (Lipinski definition) is 1. The molecule has 4 rings (SSSR count). The van der Waals surface area contributed by atoms with Crippen molar-refractivity contribution in [3.63, 3.8) is 0 Å². The molecule has 0 heterocycles. The van der Waals surface area contributed by atoms with Crippen LogP contribution in [-0.4, -0.2) is 12.6 Å². The molecule has 3 aliphatic rings. The van der Waals surface area contributed by atoms with E-state index in [0.717, 1.165) is 29.7 Å². The van der Waals surface area contributed by atoms with Gasteiger partial charge in [-0.25, -0.2) is 0 Å². The Morgan fingerprint density at radius 2 is 1.70 bits per heavy atom. The second-order valence-corrected chi connectivity index (χ2v) is 7.99. The van der Waals surface area contributed by atoms with Crippen LogP contribution < -0.4 is 5.32 Å². The van der Waals surface area contributed by atoms with Gasteiger partial charge in [-0.15, -0.1) is 0 Å². The molecule has 3 aliphatic carbocycles. The maximum atomic E-state index is 3.87. The van der Waals surface area contributed by atoms with Gasteiger partial charge in [0.05, 0.1) is 0 Å². The van der Waals surface area contributed by atoms with Gasteiger partial charge in [0.25, 0.3) is 0 Å². The van der Waals surface area contributed by atoms with E-state index in [1.807, 2.05) is 0 Å². The smallest absolute Gasteiger partial charge is 0.0210 e. The molecule has 3 fully saturated rings. The summed E-state index contributed by atoms with van der Waals surface area (Å²) >= 11 is 3.69. The van der Waals surface area contributed by atoms with Gasteiger partial charge < -0.3 is 5.32 Å². The number of benzene rings is 1. The maximum absolute atomic E-state index is 3.87.